The highest BCUT2D eigenvalue weighted by atomic mass is 16.5. The molecule has 2 fully saturated rings. The Bertz CT molecular complexity index is 1140. The topological polar surface area (TPSA) is 79.0 Å². The van der Waals surface area contributed by atoms with Gasteiger partial charge in [0.1, 0.15) is 12.3 Å². The van der Waals surface area contributed by atoms with Crippen LogP contribution in [0.4, 0.5) is 4.79 Å². The van der Waals surface area contributed by atoms with E-state index < -0.39 is 17.5 Å². The summed E-state index contributed by atoms with van der Waals surface area (Å²) in [5, 5.41) is 2.82. The molecule has 4 amide bonds. The Morgan fingerprint density at radius 1 is 1.18 bits per heavy atom. The largest absolute Gasteiger partial charge is 0.496 e. The smallest absolute Gasteiger partial charge is 0.326 e. The molecule has 3 aliphatic rings. The number of carbonyl (C=O) groups excluding carboxylic acids is 3. The minimum atomic E-state index is -1.30. The van der Waals surface area contributed by atoms with Gasteiger partial charge in [0.15, 0.2) is 5.54 Å². The fourth-order valence-corrected chi connectivity index (χ4v) is 4.87. The van der Waals surface area contributed by atoms with Gasteiger partial charge >= 0.3 is 6.03 Å². The fourth-order valence-electron chi connectivity index (χ4n) is 4.87. The molecule has 33 heavy (non-hydrogen) atoms. The number of amides is 4. The number of rotatable bonds is 7. The first-order chi connectivity index (χ1) is 15.9. The molecule has 2 aromatic carbocycles. The number of imide groups is 1. The Hall–Kier alpha value is -3.61. The molecule has 7 nitrogen and oxygen atoms in total. The number of fused-ring (bicyclic) bond motifs is 2. The lowest BCUT2D eigenvalue weighted by molar-refractivity contribution is -0.140. The summed E-state index contributed by atoms with van der Waals surface area (Å²) in [5.74, 6) is 0.420. The molecular formula is C26H27N3O4. The standard InChI is InChI=1S/C26H27N3O4/c1-17(19-11-12-19)28(15-18-7-4-3-5-8-18)23(30)16-29-24(31)26(27-25(29)32)14-13-20-21(26)9-6-10-22(20)33-2/h3-10,13-14,17,19H,11-12,15-16H2,1-2H3,(H,27,32). The average molecular weight is 446 g/mol. The third-order valence-corrected chi connectivity index (χ3v) is 6.95. The van der Waals surface area contributed by atoms with E-state index in [4.69, 9.17) is 4.74 Å². The number of methoxy groups -OCH3 is 1. The second-order valence-electron chi connectivity index (χ2n) is 8.97. The van der Waals surface area contributed by atoms with E-state index in [2.05, 4.69) is 5.32 Å². The molecule has 1 spiro atoms. The predicted molar refractivity (Wildman–Crippen MR) is 123 cm³/mol. The summed E-state index contributed by atoms with van der Waals surface area (Å²) in [4.78, 5) is 42.7. The van der Waals surface area contributed by atoms with Crippen molar-refractivity contribution < 1.29 is 19.1 Å². The number of ether oxygens (including phenoxy) is 1. The molecule has 170 valence electrons. The lowest BCUT2D eigenvalue weighted by Crippen LogP contribution is -2.47. The molecule has 0 radical (unpaired) electrons. The average Bonchev–Trinajstić information content (AvgIpc) is 3.58. The maximum absolute atomic E-state index is 13.5. The van der Waals surface area contributed by atoms with Gasteiger partial charge < -0.3 is 15.0 Å². The molecular weight excluding hydrogens is 418 g/mol. The van der Waals surface area contributed by atoms with Gasteiger partial charge in [-0.2, -0.15) is 0 Å². The Balaban J connectivity index is 1.39. The van der Waals surface area contributed by atoms with E-state index in [9.17, 15) is 14.4 Å². The minimum Gasteiger partial charge on any atom is -0.496 e. The summed E-state index contributed by atoms with van der Waals surface area (Å²) < 4.78 is 5.41. The van der Waals surface area contributed by atoms with Crippen molar-refractivity contribution in [1.82, 2.24) is 15.1 Å². The van der Waals surface area contributed by atoms with Gasteiger partial charge in [0.25, 0.3) is 5.91 Å². The van der Waals surface area contributed by atoms with E-state index in [1.807, 2.05) is 43.3 Å². The van der Waals surface area contributed by atoms with Crippen molar-refractivity contribution in [2.24, 2.45) is 5.92 Å². The second kappa shape index (κ2) is 8.06. The van der Waals surface area contributed by atoms with Crippen LogP contribution >= 0.6 is 0 Å². The van der Waals surface area contributed by atoms with Gasteiger partial charge in [0, 0.05) is 23.7 Å². The van der Waals surface area contributed by atoms with Crippen LogP contribution in [0.15, 0.2) is 54.6 Å². The summed E-state index contributed by atoms with van der Waals surface area (Å²) in [6.45, 7) is 2.21. The van der Waals surface area contributed by atoms with E-state index in [1.54, 1.807) is 36.3 Å². The number of hydrogen-bond acceptors (Lipinski definition) is 4. The first kappa shape index (κ1) is 21.2. The lowest BCUT2D eigenvalue weighted by atomic mass is 9.91. The van der Waals surface area contributed by atoms with Gasteiger partial charge in [-0.3, -0.25) is 14.5 Å². The van der Waals surface area contributed by atoms with Crippen LogP contribution in [0.5, 0.6) is 5.75 Å². The maximum Gasteiger partial charge on any atom is 0.326 e. The van der Waals surface area contributed by atoms with E-state index >= 15 is 0 Å². The predicted octanol–water partition coefficient (Wildman–Crippen LogP) is 3.30. The first-order valence-electron chi connectivity index (χ1n) is 11.3. The molecule has 1 saturated carbocycles. The Morgan fingerprint density at radius 3 is 2.64 bits per heavy atom. The SMILES string of the molecule is COc1cccc2c1C=CC21NC(=O)N(CC(=O)N(Cc2ccccc2)C(C)C2CC2)C1=O. The third kappa shape index (κ3) is 3.57. The van der Waals surface area contributed by atoms with Crippen molar-refractivity contribution >= 4 is 23.9 Å². The molecule has 2 unspecified atom stereocenters. The summed E-state index contributed by atoms with van der Waals surface area (Å²) in [5.41, 5.74) is 1.14. The molecule has 2 atom stereocenters. The summed E-state index contributed by atoms with van der Waals surface area (Å²) >= 11 is 0. The van der Waals surface area contributed by atoms with Crippen LogP contribution in [0.2, 0.25) is 0 Å². The number of urea groups is 1. The Morgan fingerprint density at radius 2 is 1.94 bits per heavy atom. The van der Waals surface area contributed by atoms with Crippen LogP contribution in [-0.4, -0.2) is 47.3 Å². The summed E-state index contributed by atoms with van der Waals surface area (Å²) in [7, 11) is 1.57. The Kier molecular flexibility index (Phi) is 5.19. The monoisotopic (exact) mass is 445 g/mol. The van der Waals surface area contributed by atoms with Crippen LogP contribution in [-0.2, 0) is 21.7 Å². The van der Waals surface area contributed by atoms with Crippen molar-refractivity contribution in [3.05, 3.63) is 71.3 Å². The molecule has 2 aliphatic carbocycles. The van der Waals surface area contributed by atoms with Gasteiger partial charge in [-0.1, -0.05) is 48.5 Å². The van der Waals surface area contributed by atoms with Crippen LogP contribution in [0.3, 0.4) is 0 Å². The number of benzene rings is 2. The molecule has 0 aromatic heterocycles. The van der Waals surface area contributed by atoms with Crippen molar-refractivity contribution in [3.8, 4) is 5.75 Å². The highest BCUT2D eigenvalue weighted by Gasteiger charge is 2.54. The van der Waals surface area contributed by atoms with Crippen molar-refractivity contribution in [2.45, 2.75) is 37.9 Å². The zero-order chi connectivity index (χ0) is 23.2. The highest BCUT2D eigenvalue weighted by Crippen LogP contribution is 2.42. The van der Waals surface area contributed by atoms with Gasteiger partial charge in [-0.15, -0.1) is 0 Å². The maximum atomic E-state index is 13.5. The van der Waals surface area contributed by atoms with Gasteiger partial charge in [0.2, 0.25) is 5.91 Å². The number of nitrogens with zero attached hydrogens (tertiary/aromatic N) is 2. The van der Waals surface area contributed by atoms with Crippen LogP contribution < -0.4 is 10.1 Å². The lowest BCUT2D eigenvalue weighted by Gasteiger charge is -2.31. The van der Waals surface area contributed by atoms with E-state index in [1.165, 1.54) is 0 Å². The van der Waals surface area contributed by atoms with Gasteiger partial charge in [0.05, 0.1) is 7.11 Å². The number of nitrogens with one attached hydrogen (secondary N) is 1. The highest BCUT2D eigenvalue weighted by molar-refractivity contribution is 6.12. The summed E-state index contributed by atoms with van der Waals surface area (Å²) in [6, 6.07) is 14.7. The first-order valence-corrected chi connectivity index (χ1v) is 11.3. The molecule has 1 aliphatic heterocycles. The molecule has 1 saturated heterocycles. The summed E-state index contributed by atoms with van der Waals surface area (Å²) in [6.07, 6.45) is 5.65. The molecule has 2 aromatic rings. The van der Waals surface area contributed by atoms with Crippen molar-refractivity contribution in [1.29, 1.82) is 0 Å². The number of carbonyl (C=O) groups is 3. The fraction of sp³-hybridized carbons (Fsp3) is 0.346. The quantitative estimate of drug-likeness (QED) is 0.664. The molecule has 0 bridgehead atoms. The third-order valence-electron chi connectivity index (χ3n) is 6.95. The molecule has 1 N–H and O–H groups in total. The van der Waals surface area contributed by atoms with E-state index in [0.717, 1.165) is 28.9 Å². The van der Waals surface area contributed by atoms with E-state index in [-0.39, 0.29) is 18.5 Å². The minimum absolute atomic E-state index is 0.0452. The van der Waals surface area contributed by atoms with Gasteiger partial charge in [-0.25, -0.2) is 4.79 Å². The normalized spacial score (nSPS) is 21.8. The van der Waals surface area contributed by atoms with Crippen molar-refractivity contribution in [2.75, 3.05) is 13.7 Å². The Labute approximate surface area is 193 Å². The van der Waals surface area contributed by atoms with Gasteiger partial charge in [-0.05, 0) is 43.4 Å². The molecule has 7 heteroatoms. The van der Waals surface area contributed by atoms with Crippen LogP contribution in [0, 0.1) is 5.92 Å². The van der Waals surface area contributed by atoms with Crippen LogP contribution in [0.25, 0.3) is 6.08 Å². The second-order valence-corrected chi connectivity index (χ2v) is 8.97. The zero-order valence-electron chi connectivity index (χ0n) is 18.8. The molecule has 1 heterocycles. The van der Waals surface area contributed by atoms with E-state index in [0.29, 0.717) is 23.8 Å². The molecule has 5 rings (SSSR count). The zero-order valence-corrected chi connectivity index (χ0v) is 18.8. The van der Waals surface area contributed by atoms with Crippen molar-refractivity contribution in [3.63, 3.8) is 0 Å². The number of hydrogen-bond donors (Lipinski definition) is 1. The van der Waals surface area contributed by atoms with Crippen LogP contribution in [0.1, 0.15) is 36.5 Å².